The predicted molar refractivity (Wildman–Crippen MR) is 78.0 cm³/mol. The van der Waals surface area contributed by atoms with E-state index in [2.05, 4.69) is 26.0 Å². The summed E-state index contributed by atoms with van der Waals surface area (Å²) >= 11 is 3.05. The number of aliphatic hydroxyl groups excluding tert-OH is 1. The molecular formula is C14H19BrF3NO2. The maximum atomic E-state index is 12.1. The molecule has 0 aliphatic rings. The molecule has 1 atom stereocenters. The molecule has 120 valence electrons. The second kappa shape index (κ2) is 8.00. The molecule has 0 spiro atoms. The summed E-state index contributed by atoms with van der Waals surface area (Å²) in [6, 6.07) is 4.37. The number of alkyl halides is 3. The summed E-state index contributed by atoms with van der Waals surface area (Å²) in [6.07, 6.45) is -4.43. The standard InChI is InChI=1S/C14H19BrF3NO2/c1-9(2)5-11(20)8-19-7-10-3-4-13(12(15)6-10)21-14(16,17)18/h3-4,6,9,11,19-20H,5,7-8H2,1-2H3. The van der Waals surface area contributed by atoms with E-state index < -0.39 is 12.5 Å². The molecule has 0 heterocycles. The molecule has 1 unspecified atom stereocenters. The van der Waals surface area contributed by atoms with Crippen LogP contribution in [0.4, 0.5) is 13.2 Å². The van der Waals surface area contributed by atoms with E-state index in [1.165, 1.54) is 6.07 Å². The summed E-state index contributed by atoms with van der Waals surface area (Å²) in [5, 5.41) is 12.8. The first-order chi connectivity index (χ1) is 9.67. The average molecular weight is 370 g/mol. The van der Waals surface area contributed by atoms with Crippen LogP contribution in [-0.4, -0.2) is 24.1 Å². The molecule has 1 aromatic rings. The number of hydrogen-bond acceptors (Lipinski definition) is 3. The summed E-state index contributed by atoms with van der Waals surface area (Å²) < 4.78 is 40.5. The Hall–Kier alpha value is -0.790. The number of hydrogen-bond donors (Lipinski definition) is 2. The van der Waals surface area contributed by atoms with Gasteiger partial charge in [-0.2, -0.15) is 0 Å². The van der Waals surface area contributed by atoms with Crippen molar-refractivity contribution in [3.63, 3.8) is 0 Å². The summed E-state index contributed by atoms with van der Waals surface area (Å²) in [6.45, 7) is 4.95. The van der Waals surface area contributed by atoms with Crippen molar-refractivity contribution in [3.05, 3.63) is 28.2 Å². The number of ether oxygens (including phenoxy) is 1. The van der Waals surface area contributed by atoms with Gasteiger partial charge in [0, 0.05) is 13.1 Å². The smallest absolute Gasteiger partial charge is 0.405 e. The maximum Gasteiger partial charge on any atom is 0.573 e. The maximum absolute atomic E-state index is 12.1. The molecule has 21 heavy (non-hydrogen) atoms. The van der Waals surface area contributed by atoms with Gasteiger partial charge in [0.25, 0.3) is 0 Å². The minimum absolute atomic E-state index is 0.238. The van der Waals surface area contributed by atoms with Crippen LogP contribution < -0.4 is 10.1 Å². The Morgan fingerprint density at radius 1 is 1.33 bits per heavy atom. The first-order valence-corrected chi connectivity index (χ1v) is 7.39. The fourth-order valence-corrected chi connectivity index (χ4v) is 2.38. The van der Waals surface area contributed by atoms with Crippen molar-refractivity contribution in [2.75, 3.05) is 6.54 Å². The molecule has 0 fully saturated rings. The Morgan fingerprint density at radius 2 is 2.00 bits per heavy atom. The van der Waals surface area contributed by atoms with Crippen molar-refractivity contribution in [3.8, 4) is 5.75 Å². The first-order valence-electron chi connectivity index (χ1n) is 6.60. The Bertz CT molecular complexity index is 452. The van der Waals surface area contributed by atoms with Crippen LogP contribution in [0.5, 0.6) is 5.75 Å². The van der Waals surface area contributed by atoms with Gasteiger partial charge in [0.15, 0.2) is 0 Å². The number of halogens is 4. The zero-order chi connectivity index (χ0) is 16.0. The van der Waals surface area contributed by atoms with E-state index in [0.29, 0.717) is 25.4 Å². The Balaban J connectivity index is 2.49. The lowest BCUT2D eigenvalue weighted by molar-refractivity contribution is -0.274. The normalized spacial score (nSPS) is 13.5. The van der Waals surface area contributed by atoms with Gasteiger partial charge in [-0.15, -0.1) is 13.2 Å². The van der Waals surface area contributed by atoms with Crippen LogP contribution in [0.15, 0.2) is 22.7 Å². The van der Waals surface area contributed by atoms with Crippen LogP contribution in [0.3, 0.4) is 0 Å². The van der Waals surface area contributed by atoms with Crippen LogP contribution in [0.2, 0.25) is 0 Å². The summed E-state index contributed by atoms with van der Waals surface area (Å²) in [5.41, 5.74) is 0.799. The van der Waals surface area contributed by atoms with Gasteiger partial charge >= 0.3 is 6.36 Å². The van der Waals surface area contributed by atoms with E-state index >= 15 is 0 Å². The van der Waals surface area contributed by atoms with Crippen LogP contribution in [0.25, 0.3) is 0 Å². The highest BCUT2D eigenvalue weighted by Crippen LogP contribution is 2.31. The third-order valence-corrected chi connectivity index (χ3v) is 3.29. The summed E-state index contributed by atoms with van der Waals surface area (Å²) in [4.78, 5) is 0. The van der Waals surface area contributed by atoms with Gasteiger partial charge in [-0.3, -0.25) is 0 Å². The largest absolute Gasteiger partial charge is 0.573 e. The topological polar surface area (TPSA) is 41.5 Å². The second-order valence-electron chi connectivity index (χ2n) is 5.23. The van der Waals surface area contributed by atoms with Gasteiger partial charge < -0.3 is 15.2 Å². The Morgan fingerprint density at radius 3 is 2.52 bits per heavy atom. The van der Waals surface area contributed by atoms with Crippen molar-refractivity contribution in [2.45, 2.75) is 39.3 Å². The second-order valence-corrected chi connectivity index (χ2v) is 6.08. The van der Waals surface area contributed by atoms with E-state index in [-0.39, 0.29) is 10.2 Å². The molecule has 0 saturated carbocycles. The van der Waals surface area contributed by atoms with E-state index in [9.17, 15) is 18.3 Å². The molecule has 0 bridgehead atoms. The first kappa shape index (κ1) is 18.3. The molecule has 1 rings (SSSR count). The quantitative estimate of drug-likeness (QED) is 0.766. The van der Waals surface area contributed by atoms with Gasteiger partial charge in [-0.25, -0.2) is 0 Å². The van der Waals surface area contributed by atoms with Crippen molar-refractivity contribution in [2.24, 2.45) is 5.92 Å². The molecule has 3 nitrogen and oxygen atoms in total. The average Bonchev–Trinajstić information content (AvgIpc) is 2.30. The minimum Gasteiger partial charge on any atom is -0.405 e. The molecule has 0 aromatic heterocycles. The molecule has 0 amide bonds. The summed E-state index contributed by atoms with van der Waals surface area (Å²) in [5.74, 6) is 0.140. The highest BCUT2D eigenvalue weighted by molar-refractivity contribution is 9.10. The predicted octanol–water partition coefficient (Wildman–Crippen LogP) is 3.84. The molecule has 0 radical (unpaired) electrons. The highest BCUT2D eigenvalue weighted by atomic mass is 79.9. The third-order valence-electron chi connectivity index (χ3n) is 2.67. The fourth-order valence-electron chi connectivity index (χ4n) is 1.87. The molecule has 7 heteroatoms. The van der Waals surface area contributed by atoms with Crippen molar-refractivity contribution < 1.29 is 23.0 Å². The van der Waals surface area contributed by atoms with Gasteiger partial charge in [0.2, 0.25) is 0 Å². The monoisotopic (exact) mass is 369 g/mol. The van der Waals surface area contributed by atoms with Gasteiger partial charge in [0.05, 0.1) is 10.6 Å². The van der Waals surface area contributed by atoms with Crippen LogP contribution in [0, 0.1) is 5.92 Å². The number of rotatable bonds is 7. The van der Waals surface area contributed by atoms with Crippen molar-refractivity contribution in [1.29, 1.82) is 0 Å². The SMILES string of the molecule is CC(C)CC(O)CNCc1ccc(OC(F)(F)F)c(Br)c1. The van der Waals surface area contributed by atoms with Crippen molar-refractivity contribution in [1.82, 2.24) is 5.32 Å². The Kier molecular flexibility index (Phi) is 6.96. The summed E-state index contributed by atoms with van der Waals surface area (Å²) in [7, 11) is 0. The van der Waals surface area contributed by atoms with Crippen molar-refractivity contribution >= 4 is 15.9 Å². The minimum atomic E-state index is -4.71. The molecule has 0 saturated heterocycles. The molecule has 0 aliphatic carbocycles. The number of aliphatic hydroxyl groups is 1. The third kappa shape index (κ3) is 7.68. The van der Waals surface area contributed by atoms with E-state index in [4.69, 9.17) is 0 Å². The van der Waals surface area contributed by atoms with Gasteiger partial charge in [0.1, 0.15) is 5.75 Å². The lowest BCUT2D eigenvalue weighted by atomic mass is 10.1. The lowest BCUT2D eigenvalue weighted by Gasteiger charge is -2.15. The number of benzene rings is 1. The molecular weight excluding hydrogens is 351 g/mol. The molecule has 0 aliphatic heterocycles. The van der Waals surface area contributed by atoms with E-state index in [1.54, 1.807) is 12.1 Å². The zero-order valence-electron chi connectivity index (χ0n) is 11.9. The molecule has 1 aromatic carbocycles. The lowest BCUT2D eigenvalue weighted by Crippen LogP contribution is -2.27. The van der Waals surface area contributed by atoms with E-state index in [0.717, 1.165) is 5.56 Å². The van der Waals surface area contributed by atoms with E-state index in [1.807, 2.05) is 13.8 Å². The van der Waals surface area contributed by atoms with Crippen LogP contribution in [0.1, 0.15) is 25.8 Å². The fraction of sp³-hybridized carbons (Fsp3) is 0.571. The zero-order valence-corrected chi connectivity index (χ0v) is 13.5. The van der Waals surface area contributed by atoms with Gasteiger partial charge in [-0.05, 0) is 46.0 Å². The Labute approximate surface area is 130 Å². The van der Waals surface area contributed by atoms with Crippen LogP contribution >= 0.6 is 15.9 Å². The number of nitrogens with one attached hydrogen (secondary N) is 1. The highest BCUT2D eigenvalue weighted by Gasteiger charge is 2.31. The molecule has 2 N–H and O–H groups in total. The van der Waals surface area contributed by atoms with Gasteiger partial charge in [-0.1, -0.05) is 19.9 Å². The van der Waals surface area contributed by atoms with Crippen LogP contribution in [-0.2, 0) is 6.54 Å².